The van der Waals surface area contributed by atoms with Gasteiger partial charge in [-0.1, -0.05) is 43.2 Å². The van der Waals surface area contributed by atoms with E-state index in [0.717, 1.165) is 48.2 Å². The van der Waals surface area contributed by atoms with E-state index in [0.29, 0.717) is 18.7 Å². The number of nitrogens with zero attached hydrogens (tertiary/aromatic N) is 2. The number of ketones is 1. The molecule has 1 heterocycles. The van der Waals surface area contributed by atoms with Gasteiger partial charge < -0.3 is 19.6 Å². The fourth-order valence-electron chi connectivity index (χ4n) is 4.23. The number of aryl methyl sites for hydroxylation is 2. The molecular formula is C28H36N2O4. The summed E-state index contributed by atoms with van der Waals surface area (Å²) in [5, 5.41) is 11.3. The van der Waals surface area contributed by atoms with Gasteiger partial charge in [0.25, 0.3) is 11.7 Å². The third-order valence-electron chi connectivity index (χ3n) is 6.16. The van der Waals surface area contributed by atoms with Crippen LogP contribution < -0.4 is 4.74 Å². The standard InChI is InChI=1S/C28H36N2O4/c1-6-7-17-34-22-13-14-23(20(3)18-22)26(31)24-25(21-11-9-19(2)10-12-21)30(28(33)27(24)32)16-8-15-29(4)5/h9-14,18,25,31H,6-8,15-17H2,1-5H3/t25-/m0/s1. The molecule has 0 saturated carbocycles. The Kier molecular flexibility index (Phi) is 8.51. The van der Waals surface area contributed by atoms with Gasteiger partial charge >= 0.3 is 0 Å². The van der Waals surface area contributed by atoms with E-state index in [1.54, 1.807) is 17.0 Å². The van der Waals surface area contributed by atoms with Crippen LogP contribution in [-0.4, -0.2) is 60.4 Å². The highest BCUT2D eigenvalue weighted by atomic mass is 16.5. The molecule has 0 aliphatic carbocycles. The summed E-state index contributed by atoms with van der Waals surface area (Å²) in [6, 6.07) is 12.6. The first kappa shape index (κ1) is 25.5. The number of rotatable bonds is 10. The molecule has 1 amide bonds. The van der Waals surface area contributed by atoms with Gasteiger partial charge in [0.1, 0.15) is 11.5 Å². The predicted octanol–water partition coefficient (Wildman–Crippen LogP) is 4.86. The zero-order chi connectivity index (χ0) is 24.8. The van der Waals surface area contributed by atoms with E-state index in [1.165, 1.54) is 0 Å². The van der Waals surface area contributed by atoms with Crippen LogP contribution in [0.5, 0.6) is 5.75 Å². The topological polar surface area (TPSA) is 70.1 Å². The summed E-state index contributed by atoms with van der Waals surface area (Å²) < 4.78 is 5.78. The molecule has 1 aliphatic heterocycles. The molecule has 3 rings (SSSR count). The van der Waals surface area contributed by atoms with Crippen molar-refractivity contribution in [3.8, 4) is 5.75 Å². The van der Waals surface area contributed by atoms with Crippen LogP contribution in [0.1, 0.15) is 54.5 Å². The Morgan fingerprint density at radius 1 is 1.06 bits per heavy atom. The molecular weight excluding hydrogens is 428 g/mol. The molecule has 1 N–H and O–H groups in total. The van der Waals surface area contributed by atoms with Crippen LogP contribution in [0.15, 0.2) is 48.0 Å². The van der Waals surface area contributed by atoms with Gasteiger partial charge in [0.05, 0.1) is 18.2 Å². The number of hydrogen-bond donors (Lipinski definition) is 1. The maximum atomic E-state index is 13.2. The SMILES string of the molecule is CCCCOc1ccc(C(O)=C2C(=O)C(=O)N(CCCN(C)C)[C@H]2c2ccc(C)cc2)c(C)c1. The van der Waals surface area contributed by atoms with Crippen molar-refractivity contribution in [2.24, 2.45) is 0 Å². The molecule has 182 valence electrons. The average Bonchev–Trinajstić information content (AvgIpc) is 3.04. The molecule has 0 bridgehead atoms. The summed E-state index contributed by atoms with van der Waals surface area (Å²) in [5.41, 5.74) is 3.36. The Morgan fingerprint density at radius 2 is 1.76 bits per heavy atom. The average molecular weight is 465 g/mol. The van der Waals surface area contributed by atoms with E-state index in [4.69, 9.17) is 4.74 Å². The zero-order valence-electron chi connectivity index (χ0n) is 20.9. The molecule has 2 aromatic rings. The Bertz CT molecular complexity index is 1060. The first-order valence-electron chi connectivity index (χ1n) is 12.0. The second-order valence-corrected chi connectivity index (χ2v) is 9.24. The number of amides is 1. The lowest BCUT2D eigenvalue weighted by atomic mass is 9.93. The van der Waals surface area contributed by atoms with Gasteiger partial charge in [-0.25, -0.2) is 0 Å². The Morgan fingerprint density at radius 3 is 2.38 bits per heavy atom. The van der Waals surface area contributed by atoms with Gasteiger partial charge in [-0.15, -0.1) is 0 Å². The van der Waals surface area contributed by atoms with Gasteiger partial charge in [-0.2, -0.15) is 0 Å². The number of ether oxygens (including phenoxy) is 1. The van der Waals surface area contributed by atoms with Crippen LogP contribution in [0, 0.1) is 13.8 Å². The number of benzene rings is 2. The number of carbonyl (C=O) groups excluding carboxylic acids is 2. The molecule has 6 nitrogen and oxygen atoms in total. The summed E-state index contributed by atoms with van der Waals surface area (Å²) in [6.07, 6.45) is 2.74. The predicted molar refractivity (Wildman–Crippen MR) is 135 cm³/mol. The molecule has 2 aromatic carbocycles. The summed E-state index contributed by atoms with van der Waals surface area (Å²) in [5.74, 6) is -0.628. The summed E-state index contributed by atoms with van der Waals surface area (Å²) in [7, 11) is 3.95. The molecule has 6 heteroatoms. The highest BCUT2D eigenvalue weighted by Gasteiger charge is 2.45. The van der Waals surface area contributed by atoms with E-state index >= 15 is 0 Å². The number of unbranched alkanes of at least 4 members (excludes halogenated alkanes) is 1. The minimum absolute atomic E-state index is 0.140. The fraction of sp³-hybridized carbons (Fsp3) is 0.429. The number of Topliss-reactive ketones (excluding diaryl/α,β-unsaturated/α-hetero) is 1. The number of aliphatic hydroxyl groups is 1. The lowest BCUT2D eigenvalue weighted by molar-refractivity contribution is -0.139. The lowest BCUT2D eigenvalue weighted by Gasteiger charge is -2.26. The highest BCUT2D eigenvalue weighted by molar-refractivity contribution is 6.46. The van der Waals surface area contributed by atoms with Crippen LogP contribution >= 0.6 is 0 Å². The molecule has 34 heavy (non-hydrogen) atoms. The smallest absolute Gasteiger partial charge is 0.295 e. The van der Waals surface area contributed by atoms with Crippen LogP contribution in [-0.2, 0) is 9.59 Å². The molecule has 0 spiro atoms. The second kappa shape index (κ2) is 11.3. The largest absolute Gasteiger partial charge is 0.507 e. The maximum Gasteiger partial charge on any atom is 0.295 e. The molecule has 0 aromatic heterocycles. The highest BCUT2D eigenvalue weighted by Crippen LogP contribution is 2.40. The van der Waals surface area contributed by atoms with Gasteiger partial charge in [0, 0.05) is 12.1 Å². The van der Waals surface area contributed by atoms with Crippen molar-refractivity contribution in [2.75, 3.05) is 33.8 Å². The quantitative estimate of drug-likeness (QED) is 0.235. The summed E-state index contributed by atoms with van der Waals surface area (Å²) in [4.78, 5) is 29.9. The van der Waals surface area contributed by atoms with Crippen molar-refractivity contribution in [1.82, 2.24) is 9.80 Å². The Hall–Kier alpha value is -3.12. The minimum Gasteiger partial charge on any atom is -0.507 e. The summed E-state index contributed by atoms with van der Waals surface area (Å²) >= 11 is 0. The number of likely N-dealkylation sites (tertiary alicyclic amines) is 1. The molecule has 1 fully saturated rings. The fourth-order valence-corrected chi connectivity index (χ4v) is 4.23. The first-order chi connectivity index (χ1) is 16.2. The van der Waals surface area contributed by atoms with Crippen LogP contribution in [0.2, 0.25) is 0 Å². The van der Waals surface area contributed by atoms with Gasteiger partial charge in [0.2, 0.25) is 0 Å². The van der Waals surface area contributed by atoms with Crippen molar-refractivity contribution in [2.45, 2.75) is 46.1 Å². The maximum absolute atomic E-state index is 13.2. The molecule has 1 aliphatic rings. The van der Waals surface area contributed by atoms with Crippen molar-refractivity contribution in [1.29, 1.82) is 0 Å². The van der Waals surface area contributed by atoms with Gasteiger partial charge in [-0.05, 0) is 76.7 Å². The van der Waals surface area contributed by atoms with Crippen molar-refractivity contribution < 1.29 is 19.4 Å². The summed E-state index contributed by atoms with van der Waals surface area (Å²) in [6.45, 7) is 7.83. The second-order valence-electron chi connectivity index (χ2n) is 9.24. The van der Waals surface area contributed by atoms with E-state index in [-0.39, 0.29) is 11.3 Å². The first-order valence-corrected chi connectivity index (χ1v) is 12.0. The van der Waals surface area contributed by atoms with E-state index in [1.807, 2.05) is 63.2 Å². The van der Waals surface area contributed by atoms with Crippen molar-refractivity contribution in [3.63, 3.8) is 0 Å². The monoisotopic (exact) mass is 464 g/mol. The molecule has 0 unspecified atom stereocenters. The van der Waals surface area contributed by atoms with Crippen LogP contribution in [0.4, 0.5) is 0 Å². The normalized spacial score (nSPS) is 17.6. The van der Waals surface area contributed by atoms with E-state index in [2.05, 4.69) is 6.92 Å². The Balaban J connectivity index is 2.02. The number of aliphatic hydroxyl groups excluding tert-OH is 1. The molecule has 1 atom stereocenters. The number of carbonyl (C=O) groups is 2. The van der Waals surface area contributed by atoms with Crippen LogP contribution in [0.25, 0.3) is 5.76 Å². The zero-order valence-corrected chi connectivity index (χ0v) is 20.9. The van der Waals surface area contributed by atoms with Crippen LogP contribution in [0.3, 0.4) is 0 Å². The van der Waals surface area contributed by atoms with Crippen molar-refractivity contribution in [3.05, 3.63) is 70.3 Å². The lowest BCUT2D eigenvalue weighted by Crippen LogP contribution is -2.32. The van der Waals surface area contributed by atoms with Gasteiger partial charge in [0.15, 0.2) is 0 Å². The molecule has 0 radical (unpaired) electrons. The third kappa shape index (κ3) is 5.68. The minimum atomic E-state index is -0.643. The number of hydrogen-bond acceptors (Lipinski definition) is 5. The van der Waals surface area contributed by atoms with E-state index < -0.39 is 17.7 Å². The third-order valence-corrected chi connectivity index (χ3v) is 6.16. The van der Waals surface area contributed by atoms with Crippen molar-refractivity contribution >= 4 is 17.4 Å². The van der Waals surface area contributed by atoms with Gasteiger partial charge in [-0.3, -0.25) is 9.59 Å². The molecule has 1 saturated heterocycles. The van der Waals surface area contributed by atoms with E-state index in [9.17, 15) is 14.7 Å². The Labute approximate surface area is 202 Å².